The highest BCUT2D eigenvalue weighted by atomic mass is 15.3. The number of allylic oxidation sites excluding steroid dienone is 1. The van der Waals surface area contributed by atoms with Crippen LogP contribution in [-0.4, -0.2) is 21.4 Å². The average Bonchev–Trinajstić information content (AvgIpc) is 3.15. The van der Waals surface area contributed by atoms with E-state index in [0.717, 1.165) is 66.8 Å². The number of nitrogens with one attached hydrogen (secondary N) is 2. The van der Waals surface area contributed by atoms with E-state index in [9.17, 15) is 0 Å². The van der Waals surface area contributed by atoms with Gasteiger partial charge in [0.2, 0.25) is 0 Å². The number of para-hydroxylation sites is 1. The molecule has 1 aliphatic rings. The van der Waals surface area contributed by atoms with Crippen LogP contribution in [0.15, 0.2) is 163 Å². The van der Waals surface area contributed by atoms with Crippen LogP contribution in [0.4, 0.5) is 5.69 Å². The SMILES string of the molecule is N=C1C=Cc2ccc3ccc(-c4nc(-c5ccccc5)cc(-c5cccc(-c6ccccc6)c5)n4)cc3c2/C1=N/Nc1ccccc1. The largest absolute Gasteiger partial charge is 0.299 e. The molecule has 0 saturated carbocycles. The highest BCUT2D eigenvalue weighted by Gasteiger charge is 2.21. The van der Waals surface area contributed by atoms with Crippen LogP contribution in [-0.2, 0) is 0 Å². The first-order valence-electron chi connectivity index (χ1n) is 15.5. The van der Waals surface area contributed by atoms with E-state index in [-0.39, 0.29) is 0 Å². The summed E-state index contributed by atoms with van der Waals surface area (Å²) in [6.07, 6.45) is 3.78. The van der Waals surface area contributed by atoms with Gasteiger partial charge in [0.1, 0.15) is 5.71 Å². The molecule has 0 fully saturated rings. The molecule has 0 atom stereocenters. The van der Waals surface area contributed by atoms with Gasteiger partial charge in [-0.2, -0.15) is 5.10 Å². The number of aromatic nitrogens is 2. The highest BCUT2D eigenvalue weighted by molar-refractivity contribution is 6.55. The second-order valence-corrected chi connectivity index (χ2v) is 11.4. The quantitative estimate of drug-likeness (QED) is 0.186. The monoisotopic (exact) mass is 603 g/mol. The van der Waals surface area contributed by atoms with Crippen molar-refractivity contribution in [3.63, 3.8) is 0 Å². The van der Waals surface area contributed by atoms with Crippen molar-refractivity contribution < 1.29 is 0 Å². The zero-order chi connectivity index (χ0) is 31.6. The Bertz CT molecular complexity index is 2330. The lowest BCUT2D eigenvalue weighted by Gasteiger charge is -2.18. The first-order chi connectivity index (χ1) is 23.2. The summed E-state index contributed by atoms with van der Waals surface area (Å²) in [6, 6.07) is 51.5. The molecule has 1 aliphatic carbocycles. The molecule has 7 aromatic rings. The van der Waals surface area contributed by atoms with Gasteiger partial charge in [-0.3, -0.25) is 10.8 Å². The van der Waals surface area contributed by atoms with Crippen molar-refractivity contribution in [2.45, 2.75) is 0 Å². The number of hydrazone groups is 1. The molecule has 5 nitrogen and oxygen atoms in total. The Kier molecular flexibility index (Phi) is 7.25. The molecular weight excluding hydrogens is 574 g/mol. The predicted octanol–water partition coefficient (Wildman–Crippen LogP) is 10.2. The molecule has 0 bridgehead atoms. The van der Waals surface area contributed by atoms with E-state index in [4.69, 9.17) is 20.5 Å². The van der Waals surface area contributed by atoms with Gasteiger partial charge < -0.3 is 0 Å². The molecule has 1 aromatic heterocycles. The second kappa shape index (κ2) is 12.1. The molecule has 222 valence electrons. The van der Waals surface area contributed by atoms with Crippen LogP contribution in [0.25, 0.3) is 61.9 Å². The molecule has 0 amide bonds. The van der Waals surface area contributed by atoms with Crippen LogP contribution in [0.2, 0.25) is 0 Å². The summed E-state index contributed by atoms with van der Waals surface area (Å²) in [7, 11) is 0. The molecule has 0 saturated heterocycles. The van der Waals surface area contributed by atoms with Gasteiger partial charge in [-0.25, -0.2) is 9.97 Å². The third-order valence-corrected chi connectivity index (χ3v) is 8.37. The molecular formula is C42H29N5. The van der Waals surface area contributed by atoms with Gasteiger partial charge >= 0.3 is 0 Å². The first-order valence-corrected chi connectivity index (χ1v) is 15.5. The maximum absolute atomic E-state index is 8.78. The summed E-state index contributed by atoms with van der Waals surface area (Å²) in [5.41, 5.74) is 13.8. The van der Waals surface area contributed by atoms with Gasteiger partial charge in [0.25, 0.3) is 0 Å². The number of benzene rings is 6. The van der Waals surface area contributed by atoms with Crippen molar-refractivity contribution >= 4 is 34.0 Å². The summed E-state index contributed by atoms with van der Waals surface area (Å²) in [5.74, 6) is 0.633. The van der Waals surface area contributed by atoms with Crippen LogP contribution < -0.4 is 5.43 Å². The smallest absolute Gasteiger partial charge is 0.160 e. The van der Waals surface area contributed by atoms with Crippen molar-refractivity contribution in [1.82, 2.24) is 9.97 Å². The molecule has 5 heteroatoms. The van der Waals surface area contributed by atoms with Gasteiger partial charge in [0, 0.05) is 22.3 Å². The van der Waals surface area contributed by atoms with Gasteiger partial charge in [-0.1, -0.05) is 127 Å². The Balaban J connectivity index is 1.28. The van der Waals surface area contributed by atoms with Crippen LogP contribution in [0.3, 0.4) is 0 Å². The lowest BCUT2D eigenvalue weighted by Crippen LogP contribution is -2.19. The lowest BCUT2D eigenvalue weighted by atomic mass is 9.88. The fraction of sp³-hybridized carbons (Fsp3) is 0. The zero-order valence-electron chi connectivity index (χ0n) is 25.4. The van der Waals surface area contributed by atoms with Crippen molar-refractivity contribution in [1.29, 1.82) is 5.41 Å². The lowest BCUT2D eigenvalue weighted by molar-refractivity contribution is 1.18. The molecule has 2 N–H and O–H groups in total. The molecule has 47 heavy (non-hydrogen) atoms. The normalized spacial score (nSPS) is 13.1. The van der Waals surface area contributed by atoms with E-state index in [1.165, 1.54) is 0 Å². The number of nitrogens with zero attached hydrogens (tertiary/aromatic N) is 3. The maximum atomic E-state index is 8.78. The fourth-order valence-corrected chi connectivity index (χ4v) is 5.98. The Hall–Kier alpha value is -6.46. The Morgan fingerprint density at radius 3 is 1.91 bits per heavy atom. The van der Waals surface area contributed by atoms with Gasteiger partial charge in [0.05, 0.1) is 22.8 Å². The van der Waals surface area contributed by atoms with Gasteiger partial charge in [0.15, 0.2) is 5.82 Å². The summed E-state index contributed by atoms with van der Waals surface area (Å²) < 4.78 is 0. The third-order valence-electron chi connectivity index (χ3n) is 8.37. The van der Waals surface area contributed by atoms with E-state index in [1.54, 1.807) is 6.08 Å². The van der Waals surface area contributed by atoms with Crippen molar-refractivity contribution in [2.24, 2.45) is 5.10 Å². The molecule has 1 heterocycles. The van der Waals surface area contributed by atoms with Crippen molar-refractivity contribution in [2.75, 3.05) is 5.43 Å². The second-order valence-electron chi connectivity index (χ2n) is 11.4. The number of fused-ring (bicyclic) bond motifs is 3. The average molecular weight is 604 g/mol. The van der Waals surface area contributed by atoms with E-state index in [2.05, 4.69) is 102 Å². The van der Waals surface area contributed by atoms with Crippen LogP contribution in [0, 0.1) is 5.41 Å². The Labute approximate surface area is 273 Å². The molecule has 0 aliphatic heterocycles. The molecule has 6 aromatic carbocycles. The van der Waals surface area contributed by atoms with E-state index in [1.807, 2.05) is 60.7 Å². The summed E-state index contributed by atoms with van der Waals surface area (Å²) >= 11 is 0. The molecule has 0 unspecified atom stereocenters. The number of anilines is 1. The van der Waals surface area contributed by atoms with Gasteiger partial charge in [-0.15, -0.1) is 0 Å². The highest BCUT2D eigenvalue weighted by Crippen LogP contribution is 2.34. The van der Waals surface area contributed by atoms with Crippen LogP contribution >= 0.6 is 0 Å². The summed E-state index contributed by atoms with van der Waals surface area (Å²) in [5, 5.41) is 15.6. The molecule has 0 spiro atoms. The minimum absolute atomic E-state index is 0.349. The number of hydrogen-bond donors (Lipinski definition) is 2. The first kappa shape index (κ1) is 28.0. The topological polar surface area (TPSA) is 74.0 Å². The Morgan fingerprint density at radius 1 is 0.511 bits per heavy atom. The predicted molar refractivity (Wildman–Crippen MR) is 195 cm³/mol. The van der Waals surface area contributed by atoms with E-state index < -0.39 is 0 Å². The standard InChI is InChI=1S/C42H29N5/c43-37-24-23-31-21-19-29-20-22-34(26-36(29)40(31)41(37)47-46-35-17-8-3-9-18-35)42-44-38(30-13-6-2-7-14-30)27-39(45-42)33-16-10-15-32(25-33)28-11-4-1-5-12-28/h1-27,43,46H/b43-37?,47-41+. The maximum Gasteiger partial charge on any atom is 0.160 e. The number of hydrogen-bond acceptors (Lipinski definition) is 5. The van der Waals surface area contributed by atoms with Crippen molar-refractivity contribution in [3.8, 4) is 45.0 Å². The van der Waals surface area contributed by atoms with Crippen LogP contribution in [0.1, 0.15) is 11.1 Å². The minimum Gasteiger partial charge on any atom is -0.299 e. The fourth-order valence-electron chi connectivity index (χ4n) is 5.98. The zero-order valence-corrected chi connectivity index (χ0v) is 25.4. The van der Waals surface area contributed by atoms with Gasteiger partial charge in [-0.05, 0) is 63.9 Å². The Morgan fingerprint density at radius 2 is 1.15 bits per heavy atom. The summed E-state index contributed by atoms with van der Waals surface area (Å²) in [4.78, 5) is 10.3. The van der Waals surface area contributed by atoms with Crippen LogP contribution in [0.5, 0.6) is 0 Å². The van der Waals surface area contributed by atoms with E-state index in [0.29, 0.717) is 17.2 Å². The minimum atomic E-state index is 0.349. The number of rotatable bonds is 6. The van der Waals surface area contributed by atoms with E-state index >= 15 is 0 Å². The summed E-state index contributed by atoms with van der Waals surface area (Å²) in [6.45, 7) is 0. The molecule has 8 rings (SSSR count). The van der Waals surface area contributed by atoms with Crippen molar-refractivity contribution in [3.05, 3.63) is 169 Å². The molecule has 0 radical (unpaired) electrons. The third kappa shape index (κ3) is 5.62.